The van der Waals surface area contributed by atoms with Gasteiger partial charge in [-0.25, -0.2) is 0 Å². The molecule has 0 aliphatic heterocycles. The average Bonchev–Trinajstić information content (AvgIpc) is 2.39. The van der Waals surface area contributed by atoms with Crippen LogP contribution < -0.4 is 16.4 Å². The fourth-order valence-corrected chi connectivity index (χ4v) is 1.24. The van der Waals surface area contributed by atoms with Gasteiger partial charge in [0.05, 0.1) is 12.6 Å². The maximum Gasteiger partial charge on any atom is 0.241 e. The smallest absolute Gasteiger partial charge is 0.241 e. The number of rotatable bonds is 7. The van der Waals surface area contributed by atoms with Gasteiger partial charge in [-0.05, 0) is 5.92 Å². The lowest BCUT2D eigenvalue weighted by molar-refractivity contribution is -0.133. The molecule has 0 heterocycles. The number of nitrogens with zero attached hydrogens (tertiary/aromatic N) is 1. The van der Waals surface area contributed by atoms with Crippen molar-refractivity contribution in [3.63, 3.8) is 0 Å². The second kappa shape index (κ2) is 8.47. The highest BCUT2D eigenvalue weighted by Gasteiger charge is 2.18. The largest absolute Gasteiger partial charge is 0.359 e. The maximum atomic E-state index is 11.7. The summed E-state index contributed by atoms with van der Waals surface area (Å²) in [5.41, 5.74) is 5.65. The van der Waals surface area contributed by atoms with Crippen molar-refractivity contribution < 1.29 is 14.4 Å². The van der Waals surface area contributed by atoms with Crippen molar-refractivity contribution in [2.24, 2.45) is 11.7 Å². The third-order valence-corrected chi connectivity index (χ3v) is 2.81. The molecule has 0 aromatic heterocycles. The van der Waals surface area contributed by atoms with Gasteiger partial charge in [-0.2, -0.15) is 0 Å². The molecule has 0 bridgehead atoms. The van der Waals surface area contributed by atoms with Gasteiger partial charge >= 0.3 is 0 Å². The van der Waals surface area contributed by atoms with Crippen molar-refractivity contribution >= 4 is 17.7 Å². The third-order valence-electron chi connectivity index (χ3n) is 2.81. The summed E-state index contributed by atoms with van der Waals surface area (Å²) in [4.78, 5) is 35.7. The number of hydrogen-bond donors (Lipinski definition) is 3. The van der Waals surface area contributed by atoms with Crippen molar-refractivity contribution in [1.82, 2.24) is 15.5 Å². The molecule has 0 rings (SSSR count). The van der Waals surface area contributed by atoms with E-state index in [1.54, 1.807) is 7.05 Å². The Balaban J connectivity index is 4.03. The van der Waals surface area contributed by atoms with E-state index in [1.807, 2.05) is 13.8 Å². The van der Waals surface area contributed by atoms with Crippen molar-refractivity contribution in [3.05, 3.63) is 0 Å². The quantitative estimate of drug-likeness (QED) is 0.534. The molecule has 0 aliphatic rings. The summed E-state index contributed by atoms with van der Waals surface area (Å²) in [5.74, 6) is -0.720. The summed E-state index contributed by atoms with van der Waals surface area (Å²) in [6, 6.07) is -0.621. The summed E-state index contributed by atoms with van der Waals surface area (Å²) in [6.45, 7) is 3.87. The molecule has 0 aromatic carbocycles. The normalized spacial score (nSPS) is 11.9. The van der Waals surface area contributed by atoms with E-state index in [4.69, 9.17) is 5.73 Å². The molecule has 0 aliphatic carbocycles. The zero-order valence-corrected chi connectivity index (χ0v) is 12.0. The highest BCUT2D eigenvalue weighted by atomic mass is 16.2. The molecule has 0 spiro atoms. The highest BCUT2D eigenvalue weighted by molar-refractivity contribution is 5.87. The number of nitrogens with two attached hydrogens (primary N) is 1. The minimum atomic E-state index is -0.621. The van der Waals surface area contributed by atoms with Gasteiger partial charge in [-0.15, -0.1) is 0 Å². The Bertz CT molecular complexity index is 331. The van der Waals surface area contributed by atoms with E-state index >= 15 is 0 Å². The minimum Gasteiger partial charge on any atom is -0.359 e. The van der Waals surface area contributed by atoms with E-state index in [1.165, 1.54) is 11.9 Å². The van der Waals surface area contributed by atoms with E-state index in [0.29, 0.717) is 6.54 Å². The van der Waals surface area contributed by atoms with Crippen molar-refractivity contribution in [1.29, 1.82) is 0 Å². The summed E-state index contributed by atoms with van der Waals surface area (Å²) in [7, 11) is 3.12. The van der Waals surface area contributed by atoms with Crippen LogP contribution in [-0.2, 0) is 14.4 Å². The highest BCUT2D eigenvalue weighted by Crippen LogP contribution is 1.97. The Kier molecular flexibility index (Phi) is 7.74. The number of hydrogen-bond acceptors (Lipinski definition) is 4. The van der Waals surface area contributed by atoms with Gasteiger partial charge < -0.3 is 21.3 Å². The second-order valence-electron chi connectivity index (χ2n) is 4.73. The topological polar surface area (TPSA) is 105 Å². The zero-order chi connectivity index (χ0) is 15.0. The number of amides is 3. The van der Waals surface area contributed by atoms with Gasteiger partial charge in [-0.1, -0.05) is 13.8 Å². The van der Waals surface area contributed by atoms with Crippen LogP contribution in [0.25, 0.3) is 0 Å². The summed E-state index contributed by atoms with van der Waals surface area (Å²) in [5, 5.41) is 4.96. The SMILES string of the molecule is CNC(=O)CCN(C)C(=O)CNC(=O)[C@@H](N)C(C)C. The third kappa shape index (κ3) is 6.76. The van der Waals surface area contributed by atoms with Crippen LogP contribution >= 0.6 is 0 Å². The lowest BCUT2D eigenvalue weighted by Crippen LogP contribution is -2.47. The average molecular weight is 272 g/mol. The van der Waals surface area contributed by atoms with Gasteiger partial charge in [0.25, 0.3) is 0 Å². The molecule has 7 heteroatoms. The van der Waals surface area contributed by atoms with Crippen LogP contribution in [0.5, 0.6) is 0 Å². The summed E-state index contributed by atoms with van der Waals surface area (Å²) in [6.07, 6.45) is 0.234. The molecule has 19 heavy (non-hydrogen) atoms. The van der Waals surface area contributed by atoms with Crippen LogP contribution in [0.15, 0.2) is 0 Å². The Morgan fingerprint density at radius 3 is 2.32 bits per heavy atom. The van der Waals surface area contributed by atoms with Gasteiger partial charge in [0.15, 0.2) is 0 Å². The Morgan fingerprint density at radius 1 is 1.26 bits per heavy atom. The summed E-state index contributed by atoms with van der Waals surface area (Å²) >= 11 is 0. The van der Waals surface area contributed by atoms with Crippen LogP contribution in [0.1, 0.15) is 20.3 Å². The van der Waals surface area contributed by atoms with E-state index in [9.17, 15) is 14.4 Å². The molecule has 110 valence electrons. The first kappa shape index (κ1) is 17.4. The Morgan fingerprint density at radius 2 is 1.84 bits per heavy atom. The minimum absolute atomic E-state index is 0.0149. The number of likely N-dealkylation sites (N-methyl/N-ethyl adjacent to an activating group) is 1. The van der Waals surface area contributed by atoms with Gasteiger partial charge in [0.1, 0.15) is 0 Å². The monoisotopic (exact) mass is 272 g/mol. The maximum absolute atomic E-state index is 11.7. The molecule has 7 nitrogen and oxygen atoms in total. The number of carbonyl (C=O) groups excluding carboxylic acids is 3. The molecule has 0 aromatic rings. The predicted octanol–water partition coefficient (Wildman–Crippen LogP) is -1.32. The van der Waals surface area contributed by atoms with E-state index in [-0.39, 0.29) is 36.6 Å². The lowest BCUT2D eigenvalue weighted by Gasteiger charge is -2.19. The molecule has 1 atom stereocenters. The second-order valence-corrected chi connectivity index (χ2v) is 4.73. The molecular weight excluding hydrogens is 248 g/mol. The first-order valence-electron chi connectivity index (χ1n) is 6.27. The van der Waals surface area contributed by atoms with Gasteiger partial charge in [0.2, 0.25) is 17.7 Å². The van der Waals surface area contributed by atoms with Crippen molar-refractivity contribution in [2.75, 3.05) is 27.2 Å². The summed E-state index contributed by atoms with van der Waals surface area (Å²) < 4.78 is 0. The number of carbonyl (C=O) groups is 3. The molecule has 0 unspecified atom stereocenters. The van der Waals surface area contributed by atoms with E-state index in [2.05, 4.69) is 10.6 Å². The molecule has 3 amide bonds. The van der Waals surface area contributed by atoms with Crippen LogP contribution in [0.2, 0.25) is 0 Å². The Hall–Kier alpha value is -1.63. The molecule has 0 fully saturated rings. The van der Waals surface area contributed by atoms with Crippen LogP contribution in [0.4, 0.5) is 0 Å². The van der Waals surface area contributed by atoms with Crippen LogP contribution in [-0.4, -0.2) is 55.8 Å². The molecule has 0 saturated carbocycles. The van der Waals surface area contributed by atoms with Gasteiger partial charge in [-0.3, -0.25) is 14.4 Å². The fraction of sp³-hybridized carbons (Fsp3) is 0.750. The molecule has 0 radical (unpaired) electrons. The standard InChI is InChI=1S/C12H24N4O3/c1-8(2)11(13)12(19)15-7-10(18)16(4)6-5-9(17)14-3/h8,11H,5-7,13H2,1-4H3,(H,14,17)(H,15,19)/t11-/m0/s1. The van der Waals surface area contributed by atoms with Crippen molar-refractivity contribution in [3.8, 4) is 0 Å². The fourth-order valence-electron chi connectivity index (χ4n) is 1.24. The molecular formula is C12H24N4O3. The number of nitrogens with one attached hydrogen (secondary N) is 2. The lowest BCUT2D eigenvalue weighted by atomic mass is 10.1. The van der Waals surface area contributed by atoms with E-state index < -0.39 is 6.04 Å². The van der Waals surface area contributed by atoms with Crippen molar-refractivity contribution in [2.45, 2.75) is 26.3 Å². The first-order chi connectivity index (χ1) is 8.79. The molecule has 4 N–H and O–H groups in total. The first-order valence-corrected chi connectivity index (χ1v) is 6.27. The zero-order valence-electron chi connectivity index (χ0n) is 12.0. The van der Waals surface area contributed by atoms with Crippen LogP contribution in [0, 0.1) is 5.92 Å². The molecule has 0 saturated heterocycles. The predicted molar refractivity (Wildman–Crippen MR) is 72.1 cm³/mol. The van der Waals surface area contributed by atoms with E-state index in [0.717, 1.165) is 0 Å². The Labute approximate surface area is 113 Å². The van der Waals surface area contributed by atoms with Crippen LogP contribution in [0.3, 0.4) is 0 Å². The van der Waals surface area contributed by atoms with Gasteiger partial charge in [0, 0.05) is 27.1 Å².